The van der Waals surface area contributed by atoms with Crippen molar-refractivity contribution in [3.63, 3.8) is 0 Å². The summed E-state index contributed by atoms with van der Waals surface area (Å²) in [6, 6.07) is 11.6. The maximum absolute atomic E-state index is 12.4. The fourth-order valence-electron chi connectivity index (χ4n) is 6.43. The molecule has 2 aliphatic carbocycles. The van der Waals surface area contributed by atoms with E-state index in [2.05, 4.69) is 45.8 Å². The molecule has 11 heteroatoms. The molecule has 2 aliphatic heterocycles. The summed E-state index contributed by atoms with van der Waals surface area (Å²) in [6.45, 7) is 9.06. The number of pyridine rings is 2. The second kappa shape index (κ2) is 13.3. The van der Waals surface area contributed by atoms with Gasteiger partial charge in [-0.2, -0.15) is 10.5 Å². The highest BCUT2D eigenvalue weighted by Crippen LogP contribution is 2.37. The Morgan fingerprint density at radius 3 is 1.57 bits per heavy atom. The third-order valence-corrected chi connectivity index (χ3v) is 9.94. The number of carbonyl (C=O) groups is 2. The fourth-order valence-corrected chi connectivity index (χ4v) is 6.58. The molecule has 2 aromatic heterocycles. The van der Waals surface area contributed by atoms with Gasteiger partial charge in [-0.3, -0.25) is 14.6 Å². The molecule has 0 aromatic carbocycles. The van der Waals surface area contributed by atoms with Crippen LogP contribution in [0.2, 0.25) is 5.15 Å². The van der Waals surface area contributed by atoms with E-state index in [1.807, 2.05) is 25.1 Å². The van der Waals surface area contributed by atoms with E-state index >= 15 is 0 Å². The summed E-state index contributed by atoms with van der Waals surface area (Å²) in [5, 5.41) is 19.3. The smallest absolute Gasteiger partial charge is 0.180 e. The molecule has 0 atom stereocenters. The summed E-state index contributed by atoms with van der Waals surface area (Å²) < 4.78 is 11.2. The van der Waals surface area contributed by atoms with Gasteiger partial charge in [0.1, 0.15) is 28.4 Å². The van der Waals surface area contributed by atoms with Crippen molar-refractivity contribution in [1.29, 1.82) is 10.5 Å². The Kier molecular flexibility index (Phi) is 9.65. The molecule has 10 nitrogen and oxygen atoms in total. The fraction of sp³-hybridized carbons (Fsp3) is 0.486. The lowest BCUT2D eigenvalue weighted by Crippen LogP contribution is -2.44. The van der Waals surface area contributed by atoms with Gasteiger partial charge < -0.3 is 19.3 Å². The molecule has 4 aliphatic rings. The van der Waals surface area contributed by atoms with Crippen LogP contribution in [0.15, 0.2) is 35.4 Å². The van der Waals surface area contributed by atoms with Crippen molar-refractivity contribution in [3.8, 4) is 12.1 Å². The Balaban J connectivity index is 0.000000181. The molecular weight excluding hydrogens is 604 g/mol. The van der Waals surface area contributed by atoms with Gasteiger partial charge in [-0.1, -0.05) is 23.7 Å². The molecule has 0 saturated carbocycles. The quantitative estimate of drug-likeness (QED) is 0.426. The molecule has 0 amide bonds. The molecule has 0 unspecified atom stereocenters. The van der Waals surface area contributed by atoms with E-state index in [1.165, 1.54) is 0 Å². The Morgan fingerprint density at radius 1 is 0.739 bits per heavy atom. The van der Waals surface area contributed by atoms with Crippen molar-refractivity contribution in [1.82, 2.24) is 19.8 Å². The Hall–Kier alpha value is -4.09. The summed E-state index contributed by atoms with van der Waals surface area (Å²) >= 11 is 6.04. The first-order valence-corrected chi connectivity index (χ1v) is 15.9. The van der Waals surface area contributed by atoms with Crippen LogP contribution in [0, 0.1) is 29.6 Å². The zero-order chi connectivity index (χ0) is 33.2. The average Bonchev–Trinajstić information content (AvgIpc) is 3.05. The minimum atomic E-state index is -0.160. The largest absolute Gasteiger partial charge is 0.378 e. The topological polar surface area (TPSA) is 132 Å². The second-order valence-corrected chi connectivity index (χ2v) is 13.1. The molecule has 4 heterocycles. The van der Waals surface area contributed by atoms with Gasteiger partial charge in [0.05, 0.1) is 34.0 Å². The van der Waals surface area contributed by atoms with Crippen molar-refractivity contribution in [2.24, 2.45) is 0 Å². The van der Waals surface area contributed by atoms with Crippen molar-refractivity contribution in [2.45, 2.75) is 70.5 Å². The Bertz CT molecular complexity index is 1580. The van der Waals surface area contributed by atoms with Gasteiger partial charge in [-0.15, -0.1) is 0 Å². The predicted molar refractivity (Wildman–Crippen MR) is 173 cm³/mol. The van der Waals surface area contributed by atoms with Gasteiger partial charge in [0.15, 0.2) is 11.6 Å². The number of nitriles is 2. The lowest BCUT2D eigenvalue weighted by molar-refractivity contribution is -0.115. The van der Waals surface area contributed by atoms with Gasteiger partial charge >= 0.3 is 0 Å². The van der Waals surface area contributed by atoms with Crippen LogP contribution in [0.5, 0.6) is 0 Å². The molecule has 6 rings (SSSR count). The maximum atomic E-state index is 12.4. The molecule has 2 fully saturated rings. The van der Waals surface area contributed by atoms with Crippen LogP contribution in [0.1, 0.15) is 67.7 Å². The van der Waals surface area contributed by atoms with Gasteiger partial charge in [0.25, 0.3) is 0 Å². The van der Waals surface area contributed by atoms with Crippen LogP contribution in [-0.4, -0.2) is 82.9 Å². The molecule has 0 spiro atoms. The van der Waals surface area contributed by atoms with E-state index in [0.29, 0.717) is 35.3 Å². The number of aromatic nitrogens is 2. The number of ketones is 2. The summed E-state index contributed by atoms with van der Waals surface area (Å²) in [5.41, 5.74) is 5.56. The normalized spacial score (nSPS) is 20.3. The summed E-state index contributed by atoms with van der Waals surface area (Å²) in [4.78, 5) is 37.9. The van der Waals surface area contributed by atoms with Gasteiger partial charge in [-0.25, -0.2) is 4.98 Å². The molecule has 240 valence electrons. The second-order valence-electron chi connectivity index (χ2n) is 12.8. The summed E-state index contributed by atoms with van der Waals surface area (Å²) in [7, 11) is 3.45. The monoisotopic (exact) mass is 642 g/mol. The number of halogens is 1. The van der Waals surface area contributed by atoms with E-state index in [1.54, 1.807) is 20.3 Å². The number of piperidine rings is 2. The minimum Gasteiger partial charge on any atom is -0.378 e. The first-order chi connectivity index (χ1) is 21.9. The number of carbonyl (C=O) groups excluding carboxylic acids is 2. The number of ether oxygens (including phenoxy) is 2. The van der Waals surface area contributed by atoms with E-state index in [-0.39, 0.29) is 46.8 Å². The minimum absolute atomic E-state index is 0.110. The molecule has 2 saturated heterocycles. The first-order valence-electron chi connectivity index (χ1n) is 15.5. The Labute approximate surface area is 275 Å². The number of aryl methyl sites for hydroxylation is 1. The third kappa shape index (κ3) is 6.57. The number of hydrogen-bond acceptors (Lipinski definition) is 10. The zero-order valence-corrected chi connectivity index (χ0v) is 27.8. The van der Waals surface area contributed by atoms with Crippen LogP contribution in [0.4, 0.5) is 0 Å². The van der Waals surface area contributed by atoms with Gasteiger partial charge in [0, 0.05) is 58.9 Å². The van der Waals surface area contributed by atoms with E-state index in [9.17, 15) is 20.1 Å². The SMILES string of the molecule is COC1(C)CCN(C2=C(C#N)C(=O)Cc3ccc(C)nc32)CC1.COC1(C)CCN(C2=C(C#N)C(=O)Cc3ccc(Cl)nc32)CC1. The number of hydrogen-bond donors (Lipinski definition) is 0. The highest BCUT2D eigenvalue weighted by molar-refractivity contribution is 6.29. The molecule has 46 heavy (non-hydrogen) atoms. The first kappa shape index (κ1) is 33.3. The summed E-state index contributed by atoms with van der Waals surface area (Å²) in [5.74, 6) is -0.264. The van der Waals surface area contributed by atoms with Gasteiger partial charge in [0.2, 0.25) is 0 Å². The van der Waals surface area contributed by atoms with Crippen molar-refractivity contribution >= 4 is 34.6 Å². The zero-order valence-electron chi connectivity index (χ0n) is 27.1. The van der Waals surface area contributed by atoms with Crippen LogP contribution >= 0.6 is 11.6 Å². The van der Waals surface area contributed by atoms with Crippen LogP contribution in [0.25, 0.3) is 11.4 Å². The lowest BCUT2D eigenvalue weighted by Gasteiger charge is -2.41. The highest BCUT2D eigenvalue weighted by Gasteiger charge is 2.37. The number of nitrogens with zero attached hydrogens (tertiary/aromatic N) is 6. The van der Waals surface area contributed by atoms with Crippen molar-refractivity contribution < 1.29 is 19.1 Å². The number of fused-ring (bicyclic) bond motifs is 2. The van der Waals surface area contributed by atoms with E-state index in [4.69, 9.17) is 21.1 Å². The highest BCUT2D eigenvalue weighted by atomic mass is 35.5. The van der Waals surface area contributed by atoms with E-state index < -0.39 is 0 Å². The lowest BCUT2D eigenvalue weighted by atomic mass is 9.88. The number of rotatable bonds is 4. The van der Waals surface area contributed by atoms with Gasteiger partial charge in [-0.05, 0) is 69.7 Å². The predicted octanol–water partition coefficient (Wildman–Crippen LogP) is 4.85. The molecule has 0 bridgehead atoms. The molecule has 0 radical (unpaired) electrons. The molecule has 0 N–H and O–H groups in total. The standard InChI is InChI=1S/C18H21N3O2.C17H18ClN3O2/c1-12-4-5-13-10-15(22)14(11-19)17(16(13)20-12)21-8-6-18(2,23-3)7-9-21;1-17(23-2)5-7-21(8-6-17)16-12(10-19)13(22)9-11-3-4-14(18)20-15(11)16/h4-5H,6-10H2,1-3H3;3-4H,5-9H2,1-2H3. The van der Waals surface area contributed by atoms with Crippen LogP contribution < -0.4 is 0 Å². The number of likely N-dealkylation sites (tertiary alicyclic amines) is 2. The van der Waals surface area contributed by atoms with Crippen molar-refractivity contribution in [2.75, 3.05) is 40.4 Å². The average molecular weight is 643 g/mol. The third-order valence-electron chi connectivity index (χ3n) is 9.73. The number of Topliss-reactive ketones (excluding diaryl/α,β-unsaturated/α-hetero) is 2. The summed E-state index contributed by atoms with van der Waals surface area (Å²) in [6.07, 6.45) is 3.85. The molecular formula is C35H39ClN6O4. The van der Waals surface area contributed by atoms with E-state index in [0.717, 1.165) is 61.3 Å². The Morgan fingerprint density at radius 2 is 1.15 bits per heavy atom. The number of allylic oxidation sites excluding steroid dienone is 2. The number of methoxy groups -OCH3 is 2. The van der Waals surface area contributed by atoms with Crippen molar-refractivity contribution in [3.05, 3.63) is 68.8 Å². The van der Waals surface area contributed by atoms with Crippen LogP contribution in [0.3, 0.4) is 0 Å². The van der Waals surface area contributed by atoms with Crippen LogP contribution in [-0.2, 0) is 31.9 Å². The maximum Gasteiger partial charge on any atom is 0.180 e. The molecule has 2 aromatic rings.